The fraction of sp³-hybridized carbons (Fsp3) is 0.368. The number of hydrogen-bond acceptors (Lipinski definition) is 5. The summed E-state index contributed by atoms with van der Waals surface area (Å²) in [5.74, 6) is -3.04. The second kappa shape index (κ2) is 6.16. The minimum atomic E-state index is -0.817. The maximum absolute atomic E-state index is 12.9. The van der Waals surface area contributed by atoms with Crippen LogP contribution in [0.3, 0.4) is 0 Å². The highest BCUT2D eigenvalue weighted by Crippen LogP contribution is 2.52. The van der Waals surface area contributed by atoms with Crippen LogP contribution in [0.2, 0.25) is 0 Å². The Hall–Kier alpha value is -2.83. The van der Waals surface area contributed by atoms with Crippen molar-refractivity contribution >= 4 is 23.6 Å². The van der Waals surface area contributed by atoms with Gasteiger partial charge in [-0.1, -0.05) is 12.2 Å². The monoisotopic (exact) mass is 357 g/mol. The summed E-state index contributed by atoms with van der Waals surface area (Å²) < 4.78 is 17.7. The molecule has 0 radical (unpaired) electrons. The van der Waals surface area contributed by atoms with Crippen molar-refractivity contribution in [3.05, 3.63) is 47.8 Å². The number of fused-ring (bicyclic) bond motifs is 5. The maximum Gasteiger partial charge on any atom is 0.326 e. The van der Waals surface area contributed by atoms with E-state index in [1.54, 1.807) is 0 Å². The van der Waals surface area contributed by atoms with Crippen molar-refractivity contribution < 1.29 is 28.3 Å². The third kappa shape index (κ3) is 2.64. The topological polar surface area (TPSA) is 80.8 Å². The molecule has 134 valence electrons. The van der Waals surface area contributed by atoms with E-state index in [4.69, 9.17) is 4.74 Å². The molecule has 2 aliphatic carbocycles. The molecule has 0 N–H and O–H groups in total. The summed E-state index contributed by atoms with van der Waals surface area (Å²) in [5, 5.41) is 0. The van der Waals surface area contributed by atoms with Gasteiger partial charge in [-0.15, -0.1) is 0 Å². The van der Waals surface area contributed by atoms with Gasteiger partial charge in [-0.2, -0.15) is 0 Å². The normalized spacial score (nSPS) is 28.6. The Bertz CT molecular complexity index is 801. The van der Waals surface area contributed by atoms with Gasteiger partial charge < -0.3 is 4.74 Å². The van der Waals surface area contributed by atoms with Crippen LogP contribution in [-0.2, 0) is 19.1 Å². The molecule has 4 rings (SSSR count). The number of likely N-dealkylation sites (tertiary alicyclic amines) is 1. The van der Waals surface area contributed by atoms with E-state index in [0.717, 1.165) is 23.5 Å². The summed E-state index contributed by atoms with van der Waals surface area (Å²) >= 11 is 0. The number of nitrogens with zero attached hydrogens (tertiary/aromatic N) is 1. The average molecular weight is 357 g/mol. The molecule has 2 amide bonds. The van der Waals surface area contributed by atoms with Crippen LogP contribution < -0.4 is 0 Å². The molecule has 1 aliphatic heterocycles. The number of amides is 2. The van der Waals surface area contributed by atoms with Crippen LogP contribution >= 0.6 is 0 Å². The van der Waals surface area contributed by atoms with Gasteiger partial charge in [0.05, 0.1) is 11.8 Å². The first-order valence-electron chi connectivity index (χ1n) is 8.43. The lowest BCUT2D eigenvalue weighted by atomic mass is 9.85. The number of rotatable bonds is 5. The summed E-state index contributed by atoms with van der Waals surface area (Å²) in [4.78, 5) is 49.8. The van der Waals surface area contributed by atoms with E-state index in [-0.39, 0.29) is 41.0 Å². The zero-order valence-corrected chi connectivity index (χ0v) is 13.8. The van der Waals surface area contributed by atoms with Gasteiger partial charge in [-0.05, 0) is 42.5 Å². The molecule has 1 saturated heterocycles. The number of imide groups is 1. The van der Waals surface area contributed by atoms with Gasteiger partial charge in [0.2, 0.25) is 11.8 Å². The molecule has 3 aliphatic rings. The van der Waals surface area contributed by atoms with Crippen LogP contribution in [0, 0.1) is 29.5 Å². The smallest absolute Gasteiger partial charge is 0.326 e. The van der Waals surface area contributed by atoms with Crippen molar-refractivity contribution in [2.45, 2.75) is 6.42 Å². The molecule has 1 aromatic carbocycles. The number of Topliss-reactive ketones (excluding diaryl/α,β-unsaturated/α-hetero) is 1. The van der Waals surface area contributed by atoms with Gasteiger partial charge in [-0.25, -0.2) is 4.39 Å². The predicted molar refractivity (Wildman–Crippen MR) is 86.1 cm³/mol. The molecule has 6 nitrogen and oxygen atoms in total. The maximum atomic E-state index is 12.9. The van der Waals surface area contributed by atoms with E-state index < -0.39 is 30.7 Å². The van der Waals surface area contributed by atoms with Crippen molar-refractivity contribution in [3.8, 4) is 0 Å². The summed E-state index contributed by atoms with van der Waals surface area (Å²) in [6, 6.07) is 4.86. The molecule has 2 bridgehead atoms. The SMILES string of the molecule is O=C(CN1C(=O)[C@H]2[C@H](C1=O)[C@H]1C=C[C@H]2C1)OCC(=O)c1ccc(F)cc1. The van der Waals surface area contributed by atoms with Crippen molar-refractivity contribution in [1.82, 2.24) is 4.90 Å². The summed E-state index contributed by atoms with van der Waals surface area (Å²) in [6.45, 7) is -1.01. The number of halogens is 1. The molecule has 0 spiro atoms. The van der Waals surface area contributed by atoms with E-state index in [2.05, 4.69) is 0 Å². The summed E-state index contributed by atoms with van der Waals surface area (Å²) in [7, 11) is 0. The number of hydrogen-bond donors (Lipinski definition) is 0. The Balaban J connectivity index is 1.34. The van der Waals surface area contributed by atoms with Crippen molar-refractivity contribution in [1.29, 1.82) is 0 Å². The third-order valence-corrected chi connectivity index (χ3v) is 5.38. The minimum absolute atomic E-state index is 0.0718. The van der Waals surface area contributed by atoms with E-state index in [1.165, 1.54) is 12.1 Å². The van der Waals surface area contributed by atoms with Gasteiger partial charge in [0.1, 0.15) is 12.4 Å². The minimum Gasteiger partial charge on any atom is -0.456 e. The Morgan fingerprint density at radius 3 is 2.19 bits per heavy atom. The van der Waals surface area contributed by atoms with Gasteiger partial charge >= 0.3 is 5.97 Å². The number of esters is 1. The molecule has 1 saturated carbocycles. The standard InChI is InChI=1S/C19H16FNO5/c20-13-5-3-10(4-6-13)14(22)9-26-15(23)8-21-18(24)16-11-1-2-12(7-11)17(16)19(21)25/h1-6,11-12,16-17H,7-9H2/t11-,12-,16+,17+/m0/s1. The molecule has 0 aromatic heterocycles. The summed E-state index contributed by atoms with van der Waals surface area (Å²) in [6.07, 6.45) is 4.76. The molecule has 0 unspecified atom stereocenters. The number of ketones is 1. The zero-order valence-electron chi connectivity index (χ0n) is 13.8. The van der Waals surface area contributed by atoms with Gasteiger partial charge in [0, 0.05) is 5.56 Å². The molecule has 26 heavy (non-hydrogen) atoms. The van der Waals surface area contributed by atoms with Crippen LogP contribution in [0.15, 0.2) is 36.4 Å². The summed E-state index contributed by atoms with van der Waals surface area (Å²) in [5.41, 5.74) is 0.213. The van der Waals surface area contributed by atoms with E-state index in [0.29, 0.717) is 0 Å². The third-order valence-electron chi connectivity index (χ3n) is 5.38. The Morgan fingerprint density at radius 2 is 1.62 bits per heavy atom. The lowest BCUT2D eigenvalue weighted by molar-refractivity contribution is -0.152. The van der Waals surface area contributed by atoms with Crippen LogP contribution in [0.25, 0.3) is 0 Å². The van der Waals surface area contributed by atoms with Gasteiger partial charge in [-0.3, -0.25) is 24.1 Å². The molecule has 2 fully saturated rings. The number of allylic oxidation sites excluding steroid dienone is 2. The first kappa shape index (κ1) is 16.6. The molecule has 1 heterocycles. The predicted octanol–water partition coefficient (Wildman–Crippen LogP) is 1.36. The van der Waals surface area contributed by atoms with Gasteiger partial charge in [0.25, 0.3) is 0 Å². The first-order valence-corrected chi connectivity index (χ1v) is 8.43. The number of carbonyl (C=O) groups excluding carboxylic acids is 4. The quantitative estimate of drug-likeness (QED) is 0.344. The Morgan fingerprint density at radius 1 is 1.04 bits per heavy atom. The van der Waals surface area contributed by atoms with E-state index in [9.17, 15) is 23.6 Å². The molecular weight excluding hydrogens is 341 g/mol. The largest absolute Gasteiger partial charge is 0.456 e. The zero-order chi connectivity index (χ0) is 18.4. The highest BCUT2D eigenvalue weighted by Gasteiger charge is 2.59. The molecule has 1 aromatic rings. The van der Waals surface area contributed by atoms with Gasteiger partial charge in [0.15, 0.2) is 12.4 Å². The van der Waals surface area contributed by atoms with Crippen molar-refractivity contribution in [2.24, 2.45) is 23.7 Å². The van der Waals surface area contributed by atoms with Crippen molar-refractivity contribution in [2.75, 3.05) is 13.2 Å². The average Bonchev–Trinajstić information content (AvgIpc) is 3.30. The van der Waals surface area contributed by atoms with Crippen LogP contribution in [-0.4, -0.2) is 41.6 Å². The fourth-order valence-corrected chi connectivity index (χ4v) is 4.16. The van der Waals surface area contributed by atoms with Crippen molar-refractivity contribution in [3.63, 3.8) is 0 Å². The molecular formula is C19H16FNO5. The fourth-order valence-electron chi connectivity index (χ4n) is 4.16. The van der Waals surface area contributed by atoms with Crippen LogP contribution in [0.5, 0.6) is 0 Å². The second-order valence-corrected chi connectivity index (χ2v) is 6.85. The lowest BCUT2D eigenvalue weighted by Crippen LogP contribution is -2.38. The molecule has 4 atom stereocenters. The number of ether oxygens (including phenoxy) is 1. The van der Waals surface area contributed by atoms with E-state index in [1.807, 2.05) is 12.2 Å². The second-order valence-electron chi connectivity index (χ2n) is 6.85. The highest BCUT2D eigenvalue weighted by atomic mass is 19.1. The lowest BCUT2D eigenvalue weighted by Gasteiger charge is -2.16. The van der Waals surface area contributed by atoms with E-state index >= 15 is 0 Å². The Kier molecular flexibility index (Phi) is 3.94. The number of benzene rings is 1. The van der Waals surface area contributed by atoms with Crippen LogP contribution in [0.4, 0.5) is 4.39 Å². The highest BCUT2D eigenvalue weighted by molar-refractivity contribution is 6.08. The Labute approximate surface area is 148 Å². The molecule has 7 heteroatoms. The van der Waals surface area contributed by atoms with Crippen LogP contribution in [0.1, 0.15) is 16.8 Å². The number of carbonyl (C=O) groups is 4. The first-order chi connectivity index (χ1) is 12.5.